The standard InChI is InChI=1S/C19H25N3O3/c23-18-6-3-9-21(18)10-7-14-12-22(17-5-2-1-4-15(14)17)19(24)16-13-25-11-8-20-16/h1-2,4-5,14,16,20H,3,6-13H2/t14-,16+/m1/s1. The van der Waals surface area contributed by atoms with Crippen LogP contribution in [0.4, 0.5) is 5.69 Å². The molecule has 2 atom stereocenters. The van der Waals surface area contributed by atoms with Crippen molar-refractivity contribution in [3.63, 3.8) is 0 Å². The van der Waals surface area contributed by atoms with E-state index in [0.717, 1.165) is 31.6 Å². The zero-order valence-electron chi connectivity index (χ0n) is 14.4. The normalized spacial score (nSPS) is 26.2. The number of amides is 2. The highest BCUT2D eigenvalue weighted by Crippen LogP contribution is 2.38. The molecule has 6 heteroatoms. The highest BCUT2D eigenvalue weighted by molar-refractivity contribution is 5.99. The number of hydrogen-bond donors (Lipinski definition) is 1. The van der Waals surface area contributed by atoms with Crippen molar-refractivity contribution in [2.75, 3.05) is 44.3 Å². The molecule has 0 radical (unpaired) electrons. The van der Waals surface area contributed by atoms with Crippen LogP contribution >= 0.6 is 0 Å². The van der Waals surface area contributed by atoms with Crippen LogP contribution in [0.5, 0.6) is 0 Å². The molecule has 0 spiro atoms. The van der Waals surface area contributed by atoms with Crippen molar-refractivity contribution in [1.29, 1.82) is 0 Å². The molecular weight excluding hydrogens is 318 g/mol. The molecule has 6 nitrogen and oxygen atoms in total. The number of hydrogen-bond acceptors (Lipinski definition) is 4. The van der Waals surface area contributed by atoms with Gasteiger partial charge in [0.2, 0.25) is 11.8 Å². The fourth-order valence-corrected chi connectivity index (χ4v) is 4.12. The first-order valence-corrected chi connectivity index (χ1v) is 9.23. The summed E-state index contributed by atoms with van der Waals surface area (Å²) in [5, 5.41) is 3.25. The molecule has 2 saturated heterocycles. The molecule has 0 aromatic heterocycles. The number of anilines is 1. The Morgan fingerprint density at radius 3 is 2.96 bits per heavy atom. The molecule has 2 fully saturated rings. The quantitative estimate of drug-likeness (QED) is 0.890. The number of carbonyl (C=O) groups is 2. The minimum Gasteiger partial charge on any atom is -0.378 e. The monoisotopic (exact) mass is 343 g/mol. The lowest BCUT2D eigenvalue weighted by molar-refractivity contribution is -0.128. The summed E-state index contributed by atoms with van der Waals surface area (Å²) in [5.41, 5.74) is 2.23. The zero-order chi connectivity index (χ0) is 17.2. The average molecular weight is 343 g/mol. The molecule has 0 aliphatic carbocycles. The molecule has 0 saturated carbocycles. The van der Waals surface area contributed by atoms with E-state index in [9.17, 15) is 9.59 Å². The van der Waals surface area contributed by atoms with Gasteiger partial charge in [0.15, 0.2) is 0 Å². The largest absolute Gasteiger partial charge is 0.378 e. The van der Waals surface area contributed by atoms with Crippen molar-refractivity contribution < 1.29 is 14.3 Å². The third-order valence-electron chi connectivity index (χ3n) is 5.47. The molecule has 134 valence electrons. The van der Waals surface area contributed by atoms with Crippen LogP contribution in [0.15, 0.2) is 24.3 Å². The number of carbonyl (C=O) groups excluding carboxylic acids is 2. The van der Waals surface area contributed by atoms with Crippen molar-refractivity contribution >= 4 is 17.5 Å². The predicted octanol–water partition coefficient (Wildman–Crippen LogP) is 1.12. The van der Waals surface area contributed by atoms with E-state index in [0.29, 0.717) is 32.7 Å². The second kappa shape index (κ2) is 7.14. The second-order valence-corrected chi connectivity index (χ2v) is 7.06. The van der Waals surface area contributed by atoms with Gasteiger partial charge in [0.1, 0.15) is 6.04 Å². The maximum atomic E-state index is 12.9. The maximum absolute atomic E-state index is 12.9. The minimum absolute atomic E-state index is 0.0897. The van der Waals surface area contributed by atoms with Gasteiger partial charge >= 0.3 is 0 Å². The number of morpholine rings is 1. The van der Waals surface area contributed by atoms with E-state index in [4.69, 9.17) is 4.74 Å². The first kappa shape index (κ1) is 16.5. The molecule has 4 rings (SSSR count). The van der Waals surface area contributed by atoms with E-state index in [2.05, 4.69) is 11.4 Å². The molecule has 2 amide bonds. The molecule has 1 aromatic rings. The molecule has 1 aromatic carbocycles. The average Bonchev–Trinajstić information content (AvgIpc) is 3.23. The van der Waals surface area contributed by atoms with E-state index in [1.807, 2.05) is 28.0 Å². The van der Waals surface area contributed by atoms with E-state index in [-0.39, 0.29) is 23.8 Å². The molecule has 3 aliphatic rings. The van der Waals surface area contributed by atoms with Crippen molar-refractivity contribution in [1.82, 2.24) is 10.2 Å². The van der Waals surface area contributed by atoms with E-state index >= 15 is 0 Å². The summed E-state index contributed by atoms with van der Waals surface area (Å²) in [6, 6.07) is 7.89. The van der Waals surface area contributed by atoms with Gasteiger partial charge in [-0.15, -0.1) is 0 Å². The Balaban J connectivity index is 1.47. The Morgan fingerprint density at radius 2 is 2.20 bits per heavy atom. The van der Waals surface area contributed by atoms with Gasteiger partial charge in [0.05, 0.1) is 13.2 Å². The summed E-state index contributed by atoms with van der Waals surface area (Å²) in [7, 11) is 0. The summed E-state index contributed by atoms with van der Waals surface area (Å²) in [4.78, 5) is 28.6. The third-order valence-corrected chi connectivity index (χ3v) is 5.47. The minimum atomic E-state index is -0.263. The lowest BCUT2D eigenvalue weighted by atomic mass is 9.98. The van der Waals surface area contributed by atoms with Gasteiger partial charge in [-0.3, -0.25) is 9.59 Å². The molecule has 1 N–H and O–H groups in total. The van der Waals surface area contributed by atoms with Crippen molar-refractivity contribution in [3.8, 4) is 0 Å². The molecule has 3 heterocycles. The summed E-state index contributed by atoms with van der Waals surface area (Å²) in [6.45, 7) is 4.16. The zero-order valence-corrected chi connectivity index (χ0v) is 14.4. The van der Waals surface area contributed by atoms with Crippen LogP contribution in [0.1, 0.15) is 30.7 Å². The third kappa shape index (κ3) is 3.28. The Hall–Kier alpha value is -1.92. The summed E-state index contributed by atoms with van der Waals surface area (Å²) in [5.74, 6) is 0.646. The van der Waals surface area contributed by atoms with E-state index < -0.39 is 0 Å². The number of ether oxygens (including phenoxy) is 1. The number of nitrogens with one attached hydrogen (secondary N) is 1. The van der Waals surface area contributed by atoms with Crippen LogP contribution in [0.2, 0.25) is 0 Å². The van der Waals surface area contributed by atoms with Crippen LogP contribution < -0.4 is 10.2 Å². The van der Waals surface area contributed by atoms with Gasteiger partial charge in [-0.1, -0.05) is 18.2 Å². The highest BCUT2D eigenvalue weighted by atomic mass is 16.5. The molecule has 0 unspecified atom stereocenters. The van der Waals surface area contributed by atoms with Crippen LogP contribution in [-0.2, 0) is 14.3 Å². The van der Waals surface area contributed by atoms with Crippen LogP contribution in [0.25, 0.3) is 0 Å². The van der Waals surface area contributed by atoms with Gasteiger partial charge in [0.25, 0.3) is 0 Å². The second-order valence-electron chi connectivity index (χ2n) is 7.06. The van der Waals surface area contributed by atoms with Crippen LogP contribution in [0.3, 0.4) is 0 Å². The first-order chi connectivity index (χ1) is 12.2. The maximum Gasteiger partial charge on any atom is 0.246 e. The number of benzene rings is 1. The number of para-hydroxylation sites is 1. The van der Waals surface area contributed by atoms with E-state index in [1.54, 1.807) is 0 Å². The van der Waals surface area contributed by atoms with Crippen molar-refractivity contribution in [3.05, 3.63) is 29.8 Å². The fourth-order valence-electron chi connectivity index (χ4n) is 4.12. The predicted molar refractivity (Wildman–Crippen MR) is 94.6 cm³/mol. The number of nitrogens with zero attached hydrogens (tertiary/aromatic N) is 2. The van der Waals surface area contributed by atoms with Gasteiger partial charge < -0.3 is 19.9 Å². The number of fused-ring (bicyclic) bond motifs is 1. The van der Waals surface area contributed by atoms with Gasteiger partial charge in [-0.25, -0.2) is 0 Å². The summed E-state index contributed by atoms with van der Waals surface area (Å²) < 4.78 is 5.45. The smallest absolute Gasteiger partial charge is 0.246 e. The Labute approximate surface area is 148 Å². The topological polar surface area (TPSA) is 61.9 Å². The molecule has 25 heavy (non-hydrogen) atoms. The fraction of sp³-hybridized carbons (Fsp3) is 0.579. The number of likely N-dealkylation sites (tertiary alicyclic amines) is 1. The molecular formula is C19H25N3O3. The lowest BCUT2D eigenvalue weighted by Gasteiger charge is -2.28. The lowest BCUT2D eigenvalue weighted by Crippen LogP contribution is -2.52. The van der Waals surface area contributed by atoms with Gasteiger partial charge in [-0.05, 0) is 24.5 Å². The first-order valence-electron chi connectivity index (χ1n) is 9.23. The van der Waals surface area contributed by atoms with E-state index in [1.165, 1.54) is 5.56 Å². The van der Waals surface area contributed by atoms with Crippen LogP contribution in [-0.4, -0.2) is 62.1 Å². The molecule has 0 bridgehead atoms. The Bertz CT molecular complexity index is 657. The summed E-state index contributed by atoms with van der Waals surface area (Å²) >= 11 is 0. The Morgan fingerprint density at radius 1 is 1.32 bits per heavy atom. The van der Waals surface area contributed by atoms with Gasteiger partial charge in [-0.2, -0.15) is 0 Å². The van der Waals surface area contributed by atoms with Gasteiger partial charge in [0, 0.05) is 44.2 Å². The number of rotatable bonds is 4. The van der Waals surface area contributed by atoms with Crippen molar-refractivity contribution in [2.45, 2.75) is 31.2 Å². The Kier molecular flexibility index (Phi) is 4.72. The summed E-state index contributed by atoms with van der Waals surface area (Å²) in [6.07, 6.45) is 2.55. The SMILES string of the molecule is O=C1CCCN1CC[C@@H]1CN(C(=O)[C@@H]2COCCN2)c2ccccc21. The van der Waals surface area contributed by atoms with Crippen LogP contribution in [0, 0.1) is 0 Å². The van der Waals surface area contributed by atoms with Crippen molar-refractivity contribution in [2.24, 2.45) is 0 Å². The molecule has 3 aliphatic heterocycles. The highest BCUT2D eigenvalue weighted by Gasteiger charge is 2.36.